The van der Waals surface area contributed by atoms with Gasteiger partial charge >= 0.3 is 12.1 Å². The van der Waals surface area contributed by atoms with Crippen molar-refractivity contribution in [2.45, 2.75) is 92.2 Å². The summed E-state index contributed by atoms with van der Waals surface area (Å²) in [5.74, 6) is 6.40. The van der Waals surface area contributed by atoms with Gasteiger partial charge in [-0.2, -0.15) is 0 Å². The fourth-order valence-electron chi connectivity index (χ4n) is 5.50. The first-order chi connectivity index (χ1) is 22.8. The summed E-state index contributed by atoms with van der Waals surface area (Å²) in [7, 11) is 0. The van der Waals surface area contributed by atoms with Gasteiger partial charge in [0.25, 0.3) is 5.56 Å². The van der Waals surface area contributed by atoms with Gasteiger partial charge in [0.15, 0.2) is 0 Å². The summed E-state index contributed by atoms with van der Waals surface area (Å²) in [4.78, 5) is 44.8. The van der Waals surface area contributed by atoms with E-state index in [1.165, 1.54) is 0 Å². The Kier molecular flexibility index (Phi) is 11.7. The number of aromatic nitrogens is 2. The second kappa shape index (κ2) is 15.7. The number of anilines is 2. The van der Waals surface area contributed by atoms with Gasteiger partial charge in [-0.1, -0.05) is 83.2 Å². The van der Waals surface area contributed by atoms with Crippen LogP contribution in [-0.2, 0) is 11.3 Å². The lowest BCUT2D eigenvalue weighted by Gasteiger charge is -2.21. The predicted octanol–water partition coefficient (Wildman–Crippen LogP) is 8.63. The van der Waals surface area contributed by atoms with Crippen molar-refractivity contribution < 1.29 is 14.3 Å². The number of benzene rings is 2. The molecule has 0 unspecified atom stereocenters. The molecule has 0 saturated heterocycles. The first-order valence-corrected chi connectivity index (χ1v) is 16.6. The zero-order valence-corrected chi connectivity index (χ0v) is 29.3. The fourth-order valence-corrected chi connectivity index (χ4v) is 5.50. The Morgan fingerprint density at radius 1 is 0.938 bits per heavy atom. The summed E-state index contributed by atoms with van der Waals surface area (Å²) in [6.07, 6.45) is 2.79. The number of aryl methyl sites for hydroxylation is 1. The topological polar surface area (TPSA) is 114 Å². The number of hydrogen-bond donors (Lipinski definition) is 3. The molecule has 48 heavy (non-hydrogen) atoms. The van der Waals surface area contributed by atoms with Crippen LogP contribution in [0.3, 0.4) is 0 Å². The molecular formula is C39H47N5O4. The predicted molar refractivity (Wildman–Crippen MR) is 195 cm³/mol. The largest absolute Gasteiger partial charge is 0.444 e. The van der Waals surface area contributed by atoms with Crippen molar-refractivity contribution in [1.29, 1.82) is 0 Å². The fraction of sp³-hybridized carbons (Fsp3) is 0.385. The number of alkyl carbamates (subject to hydrolysis) is 1. The van der Waals surface area contributed by atoms with Crippen LogP contribution in [0.25, 0.3) is 22.2 Å². The lowest BCUT2D eigenvalue weighted by molar-refractivity contribution is 0.0535. The molecule has 2 heterocycles. The number of amides is 3. The van der Waals surface area contributed by atoms with Crippen LogP contribution in [0.4, 0.5) is 21.0 Å². The van der Waals surface area contributed by atoms with Gasteiger partial charge in [0.2, 0.25) is 0 Å². The molecule has 9 heteroatoms. The highest BCUT2D eigenvalue weighted by Gasteiger charge is 2.23. The average Bonchev–Trinajstić information content (AvgIpc) is 3.02. The van der Waals surface area contributed by atoms with Gasteiger partial charge in [-0.25, -0.2) is 14.6 Å². The number of para-hydroxylation sites is 1. The molecule has 0 aliphatic carbocycles. The van der Waals surface area contributed by atoms with E-state index in [4.69, 9.17) is 4.74 Å². The number of carbonyl (C=O) groups excluding carboxylic acids is 2. The van der Waals surface area contributed by atoms with E-state index in [0.29, 0.717) is 28.9 Å². The van der Waals surface area contributed by atoms with E-state index in [0.717, 1.165) is 35.0 Å². The Labute approximate surface area is 283 Å². The van der Waals surface area contributed by atoms with Gasteiger partial charge in [0.1, 0.15) is 16.9 Å². The maximum absolute atomic E-state index is 14.3. The zero-order chi connectivity index (χ0) is 35.0. The minimum absolute atomic E-state index is 0.0999. The van der Waals surface area contributed by atoms with Crippen LogP contribution >= 0.6 is 0 Å². The third-order valence-corrected chi connectivity index (χ3v) is 7.71. The molecule has 0 radical (unpaired) electrons. The normalized spacial score (nSPS) is 11.3. The first-order valence-electron chi connectivity index (χ1n) is 16.6. The Bertz CT molecular complexity index is 1880. The van der Waals surface area contributed by atoms with Crippen LogP contribution < -0.4 is 21.5 Å². The number of hydrogen-bond acceptors (Lipinski definition) is 5. The minimum Gasteiger partial charge on any atom is -0.444 e. The first kappa shape index (κ1) is 35.7. The van der Waals surface area contributed by atoms with Gasteiger partial charge < -0.3 is 20.7 Å². The lowest BCUT2D eigenvalue weighted by atomic mass is 9.93. The van der Waals surface area contributed by atoms with Crippen molar-refractivity contribution >= 4 is 34.5 Å². The molecule has 0 aliphatic rings. The van der Waals surface area contributed by atoms with Gasteiger partial charge in [0, 0.05) is 34.9 Å². The number of nitrogens with one attached hydrogen (secondary N) is 3. The average molecular weight is 650 g/mol. The van der Waals surface area contributed by atoms with E-state index in [1.807, 2.05) is 54.6 Å². The number of carbonyl (C=O) groups is 2. The van der Waals surface area contributed by atoms with E-state index < -0.39 is 17.7 Å². The molecule has 4 aromatic rings. The smallest absolute Gasteiger partial charge is 0.408 e. The van der Waals surface area contributed by atoms with Gasteiger partial charge in [0.05, 0.1) is 6.54 Å². The monoisotopic (exact) mass is 649 g/mol. The number of pyridine rings is 2. The molecule has 2 aromatic carbocycles. The summed E-state index contributed by atoms with van der Waals surface area (Å²) in [5.41, 5.74) is 4.49. The van der Waals surface area contributed by atoms with E-state index in [2.05, 4.69) is 67.4 Å². The maximum Gasteiger partial charge on any atom is 0.408 e. The molecule has 3 amide bonds. The Morgan fingerprint density at radius 3 is 2.25 bits per heavy atom. The second-order valence-corrected chi connectivity index (χ2v) is 13.4. The van der Waals surface area contributed by atoms with Gasteiger partial charge in [-0.3, -0.25) is 9.36 Å². The van der Waals surface area contributed by atoms with Crippen LogP contribution in [0.2, 0.25) is 0 Å². The number of rotatable bonds is 9. The van der Waals surface area contributed by atoms with Crippen LogP contribution in [0.5, 0.6) is 0 Å². The zero-order valence-electron chi connectivity index (χ0n) is 29.3. The molecule has 0 saturated carbocycles. The molecule has 0 atom stereocenters. The summed E-state index contributed by atoms with van der Waals surface area (Å²) < 4.78 is 6.92. The van der Waals surface area contributed by atoms with Crippen molar-refractivity contribution in [3.05, 3.63) is 87.8 Å². The highest BCUT2D eigenvalue weighted by molar-refractivity contribution is 6.07. The molecule has 0 aliphatic heterocycles. The Balaban J connectivity index is 1.79. The SMILES string of the molecule is CCCCn1c(=O)c(NC(=O)Nc2c(C(C)C)cccc2C(C)C)c(-c2cccc(C#CCNC(=O)OC(C)(C)C)c2)c2cccnc21. The van der Waals surface area contributed by atoms with Crippen LogP contribution in [0.15, 0.2) is 65.6 Å². The van der Waals surface area contributed by atoms with Gasteiger partial charge in [-0.15, -0.1) is 0 Å². The molecule has 2 aromatic heterocycles. The quantitative estimate of drug-likeness (QED) is 0.157. The number of ether oxygens (including phenoxy) is 1. The van der Waals surface area contributed by atoms with Crippen molar-refractivity contribution in [2.75, 3.05) is 17.2 Å². The molecular weight excluding hydrogens is 602 g/mol. The van der Waals surface area contributed by atoms with Crippen molar-refractivity contribution in [3.63, 3.8) is 0 Å². The van der Waals surface area contributed by atoms with E-state index >= 15 is 0 Å². The van der Waals surface area contributed by atoms with E-state index in [1.54, 1.807) is 31.5 Å². The van der Waals surface area contributed by atoms with Crippen molar-refractivity contribution in [1.82, 2.24) is 14.9 Å². The highest BCUT2D eigenvalue weighted by atomic mass is 16.6. The summed E-state index contributed by atoms with van der Waals surface area (Å²) in [6, 6.07) is 16.7. The minimum atomic E-state index is -0.606. The van der Waals surface area contributed by atoms with Gasteiger partial charge in [-0.05, 0) is 80.0 Å². The third kappa shape index (κ3) is 8.82. The number of urea groups is 1. The molecule has 9 nitrogen and oxygen atoms in total. The lowest BCUT2D eigenvalue weighted by Crippen LogP contribution is -2.32. The molecule has 0 fully saturated rings. The molecule has 252 valence electrons. The standard InChI is InChI=1S/C39H47N5O4/c1-9-10-23-44-35-31(20-14-21-40-35)32(28-17-11-15-27(24-28)16-13-22-41-38(47)48-39(6,7)8)34(36(44)45)43-37(46)42-33-29(25(2)3)18-12-19-30(33)26(4)5/h11-12,14-15,17-21,24-26H,9-10,22-23H2,1-8H3,(H,41,47)(H2,42,43,46). The Hall–Kier alpha value is -5.10. The molecule has 3 N–H and O–H groups in total. The Morgan fingerprint density at radius 2 is 1.60 bits per heavy atom. The molecule has 0 spiro atoms. The summed E-state index contributed by atoms with van der Waals surface area (Å²) in [5, 5.41) is 9.42. The van der Waals surface area contributed by atoms with Crippen LogP contribution in [0, 0.1) is 11.8 Å². The summed E-state index contributed by atoms with van der Waals surface area (Å²) >= 11 is 0. The summed E-state index contributed by atoms with van der Waals surface area (Å²) in [6.45, 7) is 16.4. The third-order valence-electron chi connectivity index (χ3n) is 7.71. The molecule has 4 rings (SSSR count). The second-order valence-electron chi connectivity index (χ2n) is 13.4. The number of fused-ring (bicyclic) bond motifs is 1. The van der Waals surface area contributed by atoms with Crippen LogP contribution in [-0.4, -0.2) is 33.8 Å². The number of unbranched alkanes of at least 4 members (excludes halogenated alkanes) is 1. The van der Waals surface area contributed by atoms with Crippen LogP contribution in [0.1, 0.15) is 96.8 Å². The number of nitrogens with zero attached hydrogens (tertiary/aromatic N) is 2. The van der Waals surface area contributed by atoms with Crippen molar-refractivity contribution in [3.8, 4) is 23.0 Å². The maximum atomic E-state index is 14.3. The van der Waals surface area contributed by atoms with E-state index in [9.17, 15) is 14.4 Å². The highest BCUT2D eigenvalue weighted by Crippen LogP contribution is 2.35. The van der Waals surface area contributed by atoms with Crippen molar-refractivity contribution in [2.24, 2.45) is 0 Å². The van der Waals surface area contributed by atoms with E-state index in [-0.39, 0.29) is 29.6 Å². The molecule has 0 bridgehead atoms.